The summed E-state index contributed by atoms with van der Waals surface area (Å²) in [4.78, 5) is 0. The molecular weight excluding hydrogens is 385 g/mol. The van der Waals surface area contributed by atoms with Crippen molar-refractivity contribution in [1.29, 1.82) is 0 Å². The third-order valence-corrected chi connectivity index (χ3v) is 3.72. The molecule has 0 atom stereocenters. The summed E-state index contributed by atoms with van der Waals surface area (Å²) < 4.78 is 52.0. The van der Waals surface area contributed by atoms with Gasteiger partial charge in [-0.1, -0.05) is 18.2 Å². The number of anilines is 1. The van der Waals surface area contributed by atoms with Crippen LogP contribution in [0, 0.1) is 9.39 Å². The molecule has 0 unspecified atom stereocenters. The monoisotopic (exact) mass is 395 g/mol. The van der Waals surface area contributed by atoms with Gasteiger partial charge < -0.3 is 5.32 Å². The highest BCUT2D eigenvalue weighted by Gasteiger charge is 2.31. The average molecular weight is 395 g/mol. The molecule has 2 aromatic rings. The standard InChI is InChI=1S/C14H10F4IN/c15-11-5-10(14(16,17)18)6-12(7-11)20-8-9-3-1-2-4-13(9)19/h1-7,20H,8H2. The van der Waals surface area contributed by atoms with Crippen molar-refractivity contribution in [2.75, 3.05) is 5.32 Å². The van der Waals surface area contributed by atoms with Gasteiger partial charge in [-0.05, 0) is 52.4 Å². The molecule has 106 valence electrons. The number of nitrogens with one attached hydrogen (secondary N) is 1. The topological polar surface area (TPSA) is 12.0 Å². The number of halogens is 5. The Balaban J connectivity index is 2.18. The smallest absolute Gasteiger partial charge is 0.381 e. The molecule has 0 saturated carbocycles. The first-order valence-corrected chi connectivity index (χ1v) is 6.79. The number of alkyl halides is 3. The third kappa shape index (κ3) is 3.84. The van der Waals surface area contributed by atoms with E-state index < -0.39 is 17.6 Å². The highest BCUT2D eigenvalue weighted by molar-refractivity contribution is 14.1. The van der Waals surface area contributed by atoms with E-state index in [1.165, 1.54) is 0 Å². The highest BCUT2D eigenvalue weighted by atomic mass is 127. The maximum atomic E-state index is 13.2. The lowest BCUT2D eigenvalue weighted by Crippen LogP contribution is -2.08. The Morgan fingerprint density at radius 1 is 1.05 bits per heavy atom. The predicted molar refractivity (Wildman–Crippen MR) is 77.9 cm³/mol. The van der Waals surface area contributed by atoms with E-state index in [0.717, 1.165) is 21.3 Å². The van der Waals surface area contributed by atoms with Crippen LogP contribution >= 0.6 is 22.6 Å². The van der Waals surface area contributed by atoms with Gasteiger partial charge in [0.05, 0.1) is 5.56 Å². The van der Waals surface area contributed by atoms with Crippen molar-refractivity contribution in [3.63, 3.8) is 0 Å². The van der Waals surface area contributed by atoms with Crippen molar-refractivity contribution in [3.8, 4) is 0 Å². The maximum Gasteiger partial charge on any atom is 0.416 e. The molecular formula is C14H10F4IN. The Morgan fingerprint density at radius 3 is 2.40 bits per heavy atom. The molecule has 2 rings (SSSR count). The SMILES string of the molecule is Fc1cc(NCc2ccccc2I)cc(C(F)(F)F)c1. The van der Waals surface area contributed by atoms with Crippen LogP contribution in [0.25, 0.3) is 0 Å². The predicted octanol–water partition coefficient (Wildman–Crippen LogP) is 5.06. The molecule has 6 heteroatoms. The first-order valence-electron chi connectivity index (χ1n) is 5.71. The van der Waals surface area contributed by atoms with Gasteiger partial charge in [-0.25, -0.2) is 4.39 Å². The van der Waals surface area contributed by atoms with Gasteiger partial charge in [0.1, 0.15) is 5.82 Å². The number of hydrogen-bond donors (Lipinski definition) is 1. The van der Waals surface area contributed by atoms with Crippen LogP contribution in [-0.4, -0.2) is 0 Å². The van der Waals surface area contributed by atoms with E-state index in [9.17, 15) is 17.6 Å². The van der Waals surface area contributed by atoms with Crippen LogP contribution in [0.4, 0.5) is 23.2 Å². The summed E-state index contributed by atoms with van der Waals surface area (Å²) in [6.45, 7) is 0.333. The summed E-state index contributed by atoms with van der Waals surface area (Å²) >= 11 is 2.14. The minimum atomic E-state index is -4.56. The molecule has 0 spiro atoms. The minimum absolute atomic E-state index is 0.108. The molecule has 0 heterocycles. The lowest BCUT2D eigenvalue weighted by molar-refractivity contribution is -0.137. The van der Waals surface area contributed by atoms with E-state index in [-0.39, 0.29) is 5.69 Å². The van der Waals surface area contributed by atoms with E-state index >= 15 is 0 Å². The Hall–Kier alpha value is -1.31. The first kappa shape index (κ1) is 15.1. The lowest BCUT2D eigenvalue weighted by atomic mass is 10.1. The van der Waals surface area contributed by atoms with E-state index in [2.05, 4.69) is 27.9 Å². The summed E-state index contributed by atoms with van der Waals surface area (Å²) in [5, 5.41) is 2.81. The van der Waals surface area contributed by atoms with E-state index in [1.54, 1.807) is 0 Å². The van der Waals surface area contributed by atoms with Crippen LogP contribution in [0.2, 0.25) is 0 Å². The van der Waals surface area contributed by atoms with Gasteiger partial charge in [-0.2, -0.15) is 13.2 Å². The van der Waals surface area contributed by atoms with Crippen LogP contribution < -0.4 is 5.32 Å². The van der Waals surface area contributed by atoms with Crippen molar-refractivity contribution >= 4 is 28.3 Å². The van der Waals surface area contributed by atoms with Gasteiger partial charge in [-0.3, -0.25) is 0 Å². The fraction of sp³-hybridized carbons (Fsp3) is 0.143. The zero-order valence-electron chi connectivity index (χ0n) is 10.1. The molecule has 0 aliphatic rings. The molecule has 0 radical (unpaired) electrons. The minimum Gasteiger partial charge on any atom is -0.381 e. The summed E-state index contributed by atoms with van der Waals surface area (Å²) in [7, 11) is 0. The van der Waals surface area contributed by atoms with Crippen molar-refractivity contribution in [2.45, 2.75) is 12.7 Å². The molecule has 0 aliphatic heterocycles. The summed E-state index contributed by atoms with van der Waals surface area (Å²) in [6, 6.07) is 9.89. The van der Waals surface area contributed by atoms with Crippen LogP contribution in [0.15, 0.2) is 42.5 Å². The van der Waals surface area contributed by atoms with Gasteiger partial charge in [0, 0.05) is 15.8 Å². The molecule has 1 N–H and O–H groups in total. The van der Waals surface area contributed by atoms with Crippen molar-refractivity contribution in [1.82, 2.24) is 0 Å². The summed E-state index contributed by atoms with van der Waals surface area (Å²) in [5.74, 6) is -0.912. The molecule has 0 amide bonds. The van der Waals surface area contributed by atoms with Gasteiger partial charge in [0.15, 0.2) is 0 Å². The highest BCUT2D eigenvalue weighted by Crippen LogP contribution is 2.31. The second-order valence-electron chi connectivity index (χ2n) is 4.17. The number of hydrogen-bond acceptors (Lipinski definition) is 1. The number of benzene rings is 2. The van der Waals surface area contributed by atoms with E-state index in [0.29, 0.717) is 12.6 Å². The molecule has 0 bridgehead atoms. The van der Waals surface area contributed by atoms with Gasteiger partial charge >= 0.3 is 6.18 Å². The Morgan fingerprint density at radius 2 is 1.75 bits per heavy atom. The van der Waals surface area contributed by atoms with Crippen molar-refractivity contribution in [2.24, 2.45) is 0 Å². The fourth-order valence-electron chi connectivity index (χ4n) is 1.69. The maximum absolute atomic E-state index is 13.2. The van der Waals surface area contributed by atoms with Gasteiger partial charge in [0.25, 0.3) is 0 Å². The number of rotatable bonds is 3. The Kier molecular flexibility index (Phi) is 4.52. The van der Waals surface area contributed by atoms with E-state index in [4.69, 9.17) is 0 Å². The van der Waals surface area contributed by atoms with Gasteiger partial charge in [-0.15, -0.1) is 0 Å². The quantitative estimate of drug-likeness (QED) is 0.566. The van der Waals surface area contributed by atoms with Crippen molar-refractivity contribution in [3.05, 3.63) is 63.0 Å². The Labute approximate surface area is 127 Å². The van der Waals surface area contributed by atoms with Crippen LogP contribution in [0.3, 0.4) is 0 Å². The fourth-order valence-corrected chi connectivity index (χ4v) is 2.27. The second-order valence-corrected chi connectivity index (χ2v) is 5.33. The summed E-state index contributed by atoms with van der Waals surface area (Å²) in [5.41, 5.74) is 0.0469. The lowest BCUT2D eigenvalue weighted by Gasteiger charge is -2.12. The van der Waals surface area contributed by atoms with Gasteiger partial charge in [0.2, 0.25) is 0 Å². The average Bonchev–Trinajstić information content (AvgIpc) is 2.36. The first-order chi connectivity index (χ1) is 9.36. The van der Waals surface area contributed by atoms with Crippen LogP contribution in [-0.2, 0) is 12.7 Å². The zero-order chi connectivity index (χ0) is 14.8. The molecule has 2 aromatic carbocycles. The zero-order valence-corrected chi connectivity index (χ0v) is 12.3. The summed E-state index contributed by atoms with van der Waals surface area (Å²) in [6.07, 6.45) is -4.56. The molecule has 0 fully saturated rings. The Bertz CT molecular complexity index is 610. The largest absolute Gasteiger partial charge is 0.416 e. The molecule has 0 saturated heterocycles. The molecule has 1 nitrogen and oxygen atoms in total. The second kappa shape index (κ2) is 5.99. The molecule has 0 aliphatic carbocycles. The van der Waals surface area contributed by atoms with E-state index in [1.807, 2.05) is 24.3 Å². The molecule has 20 heavy (non-hydrogen) atoms. The molecule has 0 aromatic heterocycles. The van der Waals surface area contributed by atoms with Crippen LogP contribution in [0.5, 0.6) is 0 Å². The van der Waals surface area contributed by atoms with Crippen molar-refractivity contribution < 1.29 is 17.6 Å². The normalized spacial score (nSPS) is 11.4. The third-order valence-electron chi connectivity index (χ3n) is 2.67. The van der Waals surface area contributed by atoms with Crippen LogP contribution in [0.1, 0.15) is 11.1 Å².